The number of rotatable bonds is 5. The standard InChI is InChI=1S/C20H20FN5O/c1-13-3-2-6-23-18(13)10-26-9-15(21)19(11-26)27-12-20-24-16-5-4-14(8-22)7-17(16)25-20/h2-7,15,19H,9-12H2,1H3,(H,24,25). The molecule has 1 aromatic carbocycles. The third-order valence-corrected chi connectivity index (χ3v) is 4.86. The van der Waals surface area contributed by atoms with E-state index in [0.29, 0.717) is 31.0 Å². The van der Waals surface area contributed by atoms with E-state index < -0.39 is 12.3 Å². The van der Waals surface area contributed by atoms with Crippen LogP contribution in [0.5, 0.6) is 0 Å². The fraction of sp³-hybridized carbons (Fsp3) is 0.350. The first-order valence-electron chi connectivity index (χ1n) is 8.89. The van der Waals surface area contributed by atoms with E-state index in [4.69, 9.17) is 10.00 Å². The summed E-state index contributed by atoms with van der Waals surface area (Å²) in [7, 11) is 0. The van der Waals surface area contributed by atoms with Crippen LogP contribution in [-0.4, -0.2) is 45.2 Å². The molecule has 2 aromatic heterocycles. The minimum atomic E-state index is -1.04. The highest BCUT2D eigenvalue weighted by atomic mass is 19.1. The number of aromatic amines is 1. The molecule has 1 fully saturated rings. The van der Waals surface area contributed by atoms with Gasteiger partial charge < -0.3 is 9.72 Å². The van der Waals surface area contributed by atoms with Gasteiger partial charge in [-0.05, 0) is 36.8 Å². The molecule has 7 heteroatoms. The number of nitrogens with zero attached hydrogens (tertiary/aromatic N) is 4. The Morgan fingerprint density at radius 3 is 3.07 bits per heavy atom. The molecule has 2 atom stereocenters. The van der Waals surface area contributed by atoms with Crippen molar-refractivity contribution in [3.63, 3.8) is 0 Å². The number of ether oxygens (including phenoxy) is 1. The van der Waals surface area contributed by atoms with E-state index in [9.17, 15) is 4.39 Å². The van der Waals surface area contributed by atoms with E-state index in [1.807, 2.05) is 24.0 Å². The molecule has 27 heavy (non-hydrogen) atoms. The third kappa shape index (κ3) is 3.82. The van der Waals surface area contributed by atoms with Crippen LogP contribution < -0.4 is 0 Å². The maximum atomic E-state index is 14.4. The van der Waals surface area contributed by atoms with Crippen LogP contribution in [0.2, 0.25) is 0 Å². The molecule has 138 valence electrons. The Morgan fingerprint density at radius 2 is 2.26 bits per heavy atom. The smallest absolute Gasteiger partial charge is 0.140 e. The molecule has 1 aliphatic heterocycles. The van der Waals surface area contributed by atoms with Gasteiger partial charge in [0.2, 0.25) is 0 Å². The number of nitriles is 1. The second-order valence-corrected chi connectivity index (χ2v) is 6.85. The van der Waals surface area contributed by atoms with Gasteiger partial charge in [0.05, 0.1) is 28.4 Å². The Morgan fingerprint density at radius 1 is 1.37 bits per heavy atom. The van der Waals surface area contributed by atoms with Gasteiger partial charge in [0.1, 0.15) is 24.7 Å². The largest absolute Gasteiger partial charge is 0.366 e. The number of benzene rings is 1. The lowest BCUT2D eigenvalue weighted by Gasteiger charge is -2.16. The summed E-state index contributed by atoms with van der Waals surface area (Å²) in [5, 5.41) is 8.97. The maximum absolute atomic E-state index is 14.4. The summed E-state index contributed by atoms with van der Waals surface area (Å²) in [5.41, 5.74) is 4.19. The maximum Gasteiger partial charge on any atom is 0.140 e. The predicted octanol–water partition coefficient (Wildman–Crippen LogP) is 2.88. The number of halogens is 1. The lowest BCUT2D eigenvalue weighted by atomic mass is 10.2. The minimum absolute atomic E-state index is 0.206. The van der Waals surface area contributed by atoms with Crippen LogP contribution in [0.4, 0.5) is 4.39 Å². The molecular formula is C20H20FN5O. The number of nitrogens with one attached hydrogen (secondary N) is 1. The van der Waals surface area contributed by atoms with Gasteiger partial charge >= 0.3 is 0 Å². The van der Waals surface area contributed by atoms with Crippen molar-refractivity contribution >= 4 is 11.0 Å². The predicted molar refractivity (Wildman–Crippen MR) is 98.5 cm³/mol. The molecule has 0 amide bonds. The molecule has 0 bridgehead atoms. The fourth-order valence-electron chi connectivity index (χ4n) is 3.38. The van der Waals surface area contributed by atoms with Crippen molar-refractivity contribution in [3.8, 4) is 6.07 Å². The molecule has 2 unspecified atom stereocenters. The Balaban J connectivity index is 1.37. The van der Waals surface area contributed by atoms with E-state index >= 15 is 0 Å². The second-order valence-electron chi connectivity index (χ2n) is 6.85. The summed E-state index contributed by atoms with van der Waals surface area (Å²) in [5.74, 6) is 0.631. The van der Waals surface area contributed by atoms with Gasteiger partial charge in [-0.25, -0.2) is 9.37 Å². The number of aromatic nitrogens is 3. The molecule has 0 radical (unpaired) electrons. The Hall–Kier alpha value is -2.82. The normalized spacial score (nSPS) is 20.2. The van der Waals surface area contributed by atoms with E-state index in [2.05, 4.69) is 21.0 Å². The van der Waals surface area contributed by atoms with Gasteiger partial charge in [0, 0.05) is 25.8 Å². The van der Waals surface area contributed by atoms with Crippen molar-refractivity contribution in [1.82, 2.24) is 19.9 Å². The van der Waals surface area contributed by atoms with Crippen molar-refractivity contribution in [3.05, 3.63) is 59.2 Å². The average molecular weight is 365 g/mol. The number of aryl methyl sites for hydroxylation is 1. The highest BCUT2D eigenvalue weighted by Gasteiger charge is 2.34. The molecule has 1 N–H and O–H groups in total. The molecule has 0 spiro atoms. The zero-order valence-corrected chi connectivity index (χ0v) is 15.0. The van der Waals surface area contributed by atoms with Crippen molar-refractivity contribution in [2.75, 3.05) is 13.1 Å². The Labute approximate surface area is 156 Å². The van der Waals surface area contributed by atoms with E-state index in [1.54, 1.807) is 24.4 Å². The number of imidazole rings is 1. The summed E-state index contributed by atoms with van der Waals surface area (Å²) in [6.45, 7) is 3.70. The quantitative estimate of drug-likeness (QED) is 0.752. The van der Waals surface area contributed by atoms with Gasteiger partial charge in [-0.2, -0.15) is 5.26 Å². The lowest BCUT2D eigenvalue weighted by molar-refractivity contribution is 0.00861. The van der Waals surface area contributed by atoms with Crippen molar-refractivity contribution in [2.45, 2.75) is 32.4 Å². The highest BCUT2D eigenvalue weighted by molar-refractivity contribution is 5.76. The Bertz CT molecular complexity index is 995. The topological polar surface area (TPSA) is 77.8 Å². The summed E-state index contributed by atoms with van der Waals surface area (Å²) >= 11 is 0. The van der Waals surface area contributed by atoms with Gasteiger partial charge in [0.15, 0.2) is 0 Å². The molecule has 1 saturated heterocycles. The first kappa shape index (κ1) is 17.6. The number of alkyl halides is 1. The average Bonchev–Trinajstić information content (AvgIpc) is 3.23. The molecule has 4 rings (SSSR count). The second kappa shape index (κ2) is 7.43. The van der Waals surface area contributed by atoms with Crippen LogP contribution in [0.3, 0.4) is 0 Å². The van der Waals surface area contributed by atoms with Gasteiger partial charge in [0.25, 0.3) is 0 Å². The molecular weight excluding hydrogens is 345 g/mol. The lowest BCUT2D eigenvalue weighted by Crippen LogP contribution is -2.25. The molecule has 1 aliphatic rings. The minimum Gasteiger partial charge on any atom is -0.366 e. The van der Waals surface area contributed by atoms with Crippen LogP contribution in [0, 0.1) is 18.3 Å². The summed E-state index contributed by atoms with van der Waals surface area (Å²) in [6.07, 6.45) is 0.235. The molecule has 6 nitrogen and oxygen atoms in total. The molecule has 3 aromatic rings. The SMILES string of the molecule is Cc1cccnc1CN1CC(F)C(OCc2nc3ccc(C#N)cc3[nH]2)C1. The van der Waals surface area contributed by atoms with Crippen molar-refractivity contribution in [1.29, 1.82) is 5.26 Å². The van der Waals surface area contributed by atoms with Crippen molar-refractivity contribution < 1.29 is 9.13 Å². The molecule has 0 saturated carbocycles. The van der Waals surface area contributed by atoms with Crippen LogP contribution in [0.25, 0.3) is 11.0 Å². The number of pyridine rings is 1. The van der Waals surface area contributed by atoms with E-state index in [0.717, 1.165) is 22.3 Å². The van der Waals surface area contributed by atoms with Crippen molar-refractivity contribution in [2.24, 2.45) is 0 Å². The van der Waals surface area contributed by atoms with Gasteiger partial charge in [-0.3, -0.25) is 9.88 Å². The first-order valence-corrected chi connectivity index (χ1v) is 8.89. The number of hydrogen-bond donors (Lipinski definition) is 1. The van der Waals surface area contributed by atoms with Gasteiger partial charge in [-0.1, -0.05) is 6.07 Å². The van der Waals surface area contributed by atoms with E-state index in [1.165, 1.54) is 0 Å². The molecule has 0 aliphatic carbocycles. The summed E-state index contributed by atoms with van der Waals surface area (Å²) in [6, 6.07) is 11.3. The van der Waals surface area contributed by atoms with Gasteiger partial charge in [-0.15, -0.1) is 0 Å². The number of fused-ring (bicyclic) bond motifs is 1. The first-order chi connectivity index (χ1) is 13.1. The van der Waals surface area contributed by atoms with Crippen LogP contribution in [-0.2, 0) is 17.9 Å². The van der Waals surface area contributed by atoms with Crippen LogP contribution in [0.1, 0.15) is 22.6 Å². The zero-order valence-electron chi connectivity index (χ0n) is 15.0. The summed E-state index contributed by atoms with van der Waals surface area (Å²) < 4.78 is 20.2. The monoisotopic (exact) mass is 365 g/mol. The zero-order chi connectivity index (χ0) is 18.8. The van der Waals surface area contributed by atoms with Crippen LogP contribution >= 0.6 is 0 Å². The highest BCUT2D eigenvalue weighted by Crippen LogP contribution is 2.21. The van der Waals surface area contributed by atoms with Crippen LogP contribution in [0.15, 0.2) is 36.5 Å². The fourth-order valence-corrected chi connectivity index (χ4v) is 3.38. The number of hydrogen-bond acceptors (Lipinski definition) is 5. The number of likely N-dealkylation sites (tertiary alicyclic amines) is 1. The third-order valence-electron chi connectivity index (χ3n) is 4.86. The number of H-pyrrole nitrogens is 1. The molecule has 3 heterocycles. The van der Waals surface area contributed by atoms with E-state index in [-0.39, 0.29) is 6.61 Å². The summed E-state index contributed by atoms with van der Waals surface area (Å²) in [4.78, 5) is 14.0. The Kier molecular flexibility index (Phi) is 4.84.